The molecule has 0 unspecified atom stereocenters. The minimum Gasteiger partial charge on any atom is -0.405 e. The summed E-state index contributed by atoms with van der Waals surface area (Å²) in [5.41, 5.74) is 6.44. The van der Waals surface area contributed by atoms with Crippen molar-refractivity contribution >= 4 is 16.9 Å². The quantitative estimate of drug-likeness (QED) is 0.526. The van der Waals surface area contributed by atoms with Gasteiger partial charge in [0.25, 0.3) is 0 Å². The summed E-state index contributed by atoms with van der Waals surface area (Å²) < 4.78 is 0. The van der Waals surface area contributed by atoms with Gasteiger partial charge in [-0.1, -0.05) is 11.8 Å². The highest BCUT2D eigenvalue weighted by atomic mass is 32.2. The molecule has 3 N–H and O–H groups in total. The van der Waals surface area contributed by atoms with E-state index in [1.54, 1.807) is 25.0 Å². The lowest BCUT2D eigenvalue weighted by atomic mass is 9.97. The van der Waals surface area contributed by atoms with Crippen LogP contribution >= 0.6 is 11.8 Å². The molecule has 0 fully saturated rings. The van der Waals surface area contributed by atoms with Crippen molar-refractivity contribution in [3.63, 3.8) is 0 Å². The molecule has 3 nitrogen and oxygen atoms in total. The van der Waals surface area contributed by atoms with E-state index >= 15 is 0 Å². The molecular formula is C9H19N3S. The van der Waals surface area contributed by atoms with Crippen molar-refractivity contribution < 1.29 is 0 Å². The first-order chi connectivity index (χ1) is 5.97. The predicted molar refractivity (Wildman–Crippen MR) is 62.0 cm³/mol. The van der Waals surface area contributed by atoms with E-state index in [1.165, 1.54) is 0 Å². The van der Waals surface area contributed by atoms with E-state index in [2.05, 4.69) is 24.2 Å². The summed E-state index contributed by atoms with van der Waals surface area (Å²) in [6, 6.07) is 0. The van der Waals surface area contributed by atoms with Crippen LogP contribution in [0.15, 0.2) is 16.8 Å². The highest BCUT2D eigenvalue weighted by molar-refractivity contribution is 8.13. The fourth-order valence-corrected chi connectivity index (χ4v) is 1.31. The fourth-order valence-electron chi connectivity index (χ4n) is 0.772. The molecule has 0 aromatic rings. The minimum atomic E-state index is -0.132. The molecule has 0 saturated heterocycles. The maximum absolute atomic E-state index is 5.47. The van der Waals surface area contributed by atoms with Crippen LogP contribution < -0.4 is 11.1 Å². The number of nitrogens with zero attached hydrogens (tertiary/aromatic N) is 1. The van der Waals surface area contributed by atoms with Gasteiger partial charge in [0, 0.05) is 7.05 Å². The zero-order valence-corrected chi connectivity index (χ0v) is 9.83. The second-order valence-corrected chi connectivity index (χ2v) is 4.13. The number of thioether (sulfide) groups is 1. The number of aliphatic imine (C=N–C) groups is 1. The van der Waals surface area contributed by atoms with E-state index in [9.17, 15) is 0 Å². The van der Waals surface area contributed by atoms with Gasteiger partial charge in [-0.25, -0.2) is 0 Å². The zero-order valence-electron chi connectivity index (χ0n) is 9.01. The van der Waals surface area contributed by atoms with Crippen LogP contribution in [-0.2, 0) is 0 Å². The lowest BCUT2D eigenvalue weighted by Crippen LogP contribution is -2.43. The lowest BCUT2D eigenvalue weighted by Gasteiger charge is -2.28. The topological polar surface area (TPSA) is 50.4 Å². The molecule has 0 radical (unpaired) electrons. The van der Waals surface area contributed by atoms with Gasteiger partial charge < -0.3 is 11.1 Å². The lowest BCUT2D eigenvalue weighted by molar-refractivity contribution is 0.543. The van der Waals surface area contributed by atoms with Crippen LogP contribution in [0.4, 0.5) is 0 Å². The van der Waals surface area contributed by atoms with Gasteiger partial charge >= 0.3 is 0 Å². The van der Waals surface area contributed by atoms with Crippen LogP contribution in [-0.4, -0.2) is 24.0 Å². The van der Waals surface area contributed by atoms with Gasteiger partial charge in [0.05, 0.1) is 5.54 Å². The second-order valence-electron chi connectivity index (χ2n) is 3.33. The highest BCUT2D eigenvalue weighted by Crippen LogP contribution is 2.15. The Morgan fingerprint density at radius 1 is 1.54 bits per heavy atom. The minimum absolute atomic E-state index is 0.132. The average Bonchev–Trinajstić information content (AvgIpc) is 2.12. The van der Waals surface area contributed by atoms with Crippen LogP contribution in [0, 0.1) is 0 Å². The summed E-state index contributed by atoms with van der Waals surface area (Å²) in [4.78, 5) is 4.11. The maximum Gasteiger partial charge on any atom is 0.156 e. The van der Waals surface area contributed by atoms with Crippen molar-refractivity contribution in [3.05, 3.63) is 11.8 Å². The summed E-state index contributed by atoms with van der Waals surface area (Å²) in [5.74, 6) is 0. The van der Waals surface area contributed by atoms with E-state index in [4.69, 9.17) is 5.73 Å². The molecule has 0 aliphatic heterocycles. The summed E-state index contributed by atoms with van der Waals surface area (Å²) in [6.07, 6.45) is 3.62. The van der Waals surface area contributed by atoms with Crippen LogP contribution in [0.5, 0.6) is 0 Å². The van der Waals surface area contributed by atoms with Crippen molar-refractivity contribution in [2.24, 2.45) is 10.7 Å². The Hall–Kier alpha value is -0.640. The fraction of sp³-hybridized carbons (Fsp3) is 0.667. The number of amidine groups is 1. The van der Waals surface area contributed by atoms with Gasteiger partial charge in [-0.2, -0.15) is 0 Å². The molecule has 0 saturated carbocycles. The third-order valence-corrected chi connectivity index (χ3v) is 2.72. The number of nitrogens with one attached hydrogen (secondary N) is 1. The van der Waals surface area contributed by atoms with Crippen molar-refractivity contribution in [3.8, 4) is 0 Å². The van der Waals surface area contributed by atoms with E-state index in [0.29, 0.717) is 0 Å². The normalized spacial score (nSPS) is 14.5. The molecule has 0 atom stereocenters. The first kappa shape index (κ1) is 12.4. The Balaban J connectivity index is 4.50. The van der Waals surface area contributed by atoms with Gasteiger partial charge in [-0.05, 0) is 38.8 Å². The van der Waals surface area contributed by atoms with Gasteiger partial charge in [-0.15, -0.1) is 0 Å². The summed E-state index contributed by atoms with van der Waals surface area (Å²) in [5, 5.41) is 4.23. The van der Waals surface area contributed by atoms with Crippen molar-refractivity contribution in [1.82, 2.24) is 5.32 Å². The Labute approximate surface area is 84.9 Å². The Kier molecular flexibility index (Phi) is 4.91. The van der Waals surface area contributed by atoms with Gasteiger partial charge in [0.2, 0.25) is 0 Å². The molecule has 0 amide bonds. The number of hydrogen-bond donors (Lipinski definition) is 2. The average molecular weight is 201 g/mol. The molecule has 13 heavy (non-hydrogen) atoms. The van der Waals surface area contributed by atoms with E-state index in [1.807, 2.05) is 13.2 Å². The third kappa shape index (κ3) is 3.72. The molecule has 0 spiro atoms. The Morgan fingerprint density at radius 3 is 2.38 bits per heavy atom. The summed E-state index contributed by atoms with van der Waals surface area (Å²) in [6.45, 7) is 6.15. The van der Waals surface area contributed by atoms with E-state index in [-0.39, 0.29) is 5.54 Å². The molecule has 0 bridgehead atoms. The number of nitrogens with two attached hydrogens (primary N) is 1. The monoisotopic (exact) mass is 201 g/mol. The van der Waals surface area contributed by atoms with E-state index < -0.39 is 0 Å². The van der Waals surface area contributed by atoms with Crippen LogP contribution in [0.2, 0.25) is 0 Å². The molecule has 0 aromatic heterocycles. The maximum atomic E-state index is 5.47. The second kappa shape index (κ2) is 5.17. The first-order valence-electron chi connectivity index (χ1n) is 4.16. The largest absolute Gasteiger partial charge is 0.405 e. The summed E-state index contributed by atoms with van der Waals surface area (Å²) in [7, 11) is 1.77. The van der Waals surface area contributed by atoms with E-state index in [0.717, 1.165) is 10.7 Å². The van der Waals surface area contributed by atoms with Crippen LogP contribution in [0.25, 0.3) is 0 Å². The highest BCUT2D eigenvalue weighted by Gasteiger charge is 2.20. The number of hydrogen-bond acceptors (Lipinski definition) is 3. The Bertz CT molecular complexity index is 219. The molecular weight excluding hydrogens is 182 g/mol. The van der Waals surface area contributed by atoms with Crippen LogP contribution in [0.3, 0.4) is 0 Å². The predicted octanol–water partition coefficient (Wildman–Crippen LogP) is 1.57. The smallest absolute Gasteiger partial charge is 0.156 e. The molecule has 0 heterocycles. The van der Waals surface area contributed by atoms with Gasteiger partial charge in [0.1, 0.15) is 0 Å². The first-order valence-corrected chi connectivity index (χ1v) is 5.38. The summed E-state index contributed by atoms with van der Waals surface area (Å²) >= 11 is 1.60. The third-order valence-electron chi connectivity index (χ3n) is 2.05. The van der Waals surface area contributed by atoms with Crippen LogP contribution in [0.1, 0.15) is 20.8 Å². The van der Waals surface area contributed by atoms with Crippen molar-refractivity contribution in [2.45, 2.75) is 26.3 Å². The molecule has 76 valence electrons. The standard InChI is InChI=1S/C9H19N3S/c1-7(6-10)9(2,3)12-8(11-4)13-5/h6H,10H2,1-5H3,(H,11,12)/b7-6-. The molecule has 0 aromatic carbocycles. The van der Waals surface area contributed by atoms with Crippen molar-refractivity contribution in [1.29, 1.82) is 0 Å². The van der Waals surface area contributed by atoms with Gasteiger partial charge in [0.15, 0.2) is 5.17 Å². The molecule has 0 aliphatic carbocycles. The SMILES string of the molecule is CN=C(NC(C)(C)/C(C)=C\N)SC. The molecule has 0 rings (SSSR count). The molecule has 0 aliphatic rings. The number of rotatable bonds is 2. The Morgan fingerprint density at radius 2 is 2.08 bits per heavy atom. The van der Waals surface area contributed by atoms with Crippen molar-refractivity contribution in [2.75, 3.05) is 13.3 Å². The zero-order chi connectivity index (χ0) is 10.5. The van der Waals surface area contributed by atoms with Gasteiger partial charge in [-0.3, -0.25) is 4.99 Å². The molecule has 4 heteroatoms.